The molecule has 0 aliphatic carbocycles. The topological polar surface area (TPSA) is 59.0 Å². The van der Waals surface area contributed by atoms with E-state index in [2.05, 4.69) is 43.4 Å². The molecule has 0 saturated carbocycles. The molecule has 0 radical (unpaired) electrons. The summed E-state index contributed by atoms with van der Waals surface area (Å²) in [4.78, 5) is 12.6. The molecule has 1 aliphatic heterocycles. The van der Waals surface area contributed by atoms with Crippen molar-refractivity contribution >= 4 is 17.5 Å². The fourth-order valence-electron chi connectivity index (χ4n) is 3.91. The van der Waals surface area contributed by atoms with Crippen molar-refractivity contribution in [2.75, 3.05) is 0 Å². The first kappa shape index (κ1) is 21.0. The van der Waals surface area contributed by atoms with Crippen LogP contribution in [-0.2, 0) is 11.0 Å². The van der Waals surface area contributed by atoms with Crippen molar-refractivity contribution in [1.29, 1.82) is 0 Å². The highest BCUT2D eigenvalue weighted by Gasteiger charge is 2.41. The summed E-state index contributed by atoms with van der Waals surface area (Å²) in [6.07, 6.45) is -3.21. The van der Waals surface area contributed by atoms with Crippen LogP contribution >= 0.6 is 11.6 Å². The number of carbonyl (C=O) groups is 1. The largest absolute Gasteiger partial charge is 0.436 e. The minimum absolute atomic E-state index is 0.0790. The van der Waals surface area contributed by atoms with Crippen LogP contribution in [0.4, 0.5) is 13.2 Å². The molecule has 2 N–H and O–H groups in total. The second kappa shape index (κ2) is 6.71. The minimum atomic E-state index is -4.66. The lowest BCUT2D eigenvalue weighted by Gasteiger charge is -2.46. The molecule has 1 aromatic rings. The molecule has 1 atom stereocenters. The Labute approximate surface area is 156 Å². The van der Waals surface area contributed by atoms with E-state index in [0.717, 1.165) is 17.5 Å². The van der Waals surface area contributed by atoms with Crippen LogP contribution in [0.1, 0.15) is 64.9 Å². The van der Waals surface area contributed by atoms with Crippen molar-refractivity contribution in [2.24, 2.45) is 0 Å². The van der Waals surface area contributed by atoms with Gasteiger partial charge in [-0.3, -0.25) is 9.48 Å². The molecule has 26 heavy (non-hydrogen) atoms. The third-order valence-electron chi connectivity index (χ3n) is 4.63. The first-order chi connectivity index (χ1) is 11.6. The van der Waals surface area contributed by atoms with Crippen molar-refractivity contribution in [1.82, 2.24) is 20.4 Å². The van der Waals surface area contributed by atoms with Crippen LogP contribution in [0, 0.1) is 6.92 Å². The van der Waals surface area contributed by atoms with Gasteiger partial charge in [-0.25, -0.2) is 0 Å². The summed E-state index contributed by atoms with van der Waals surface area (Å²) in [5.41, 5.74) is -1.36. The van der Waals surface area contributed by atoms with Gasteiger partial charge in [0.15, 0.2) is 5.69 Å². The van der Waals surface area contributed by atoms with E-state index in [-0.39, 0.29) is 28.7 Å². The summed E-state index contributed by atoms with van der Waals surface area (Å²) in [6, 6.07) is -0.977. The molecule has 1 aromatic heterocycles. The SMILES string of the molecule is Cc1c(Cl)c(C(F)(F)F)nn1C(C)C(=O)NC1CC(C)(C)NC(C)(C)C1. The lowest BCUT2D eigenvalue weighted by molar-refractivity contribution is -0.142. The first-order valence-corrected chi connectivity index (χ1v) is 8.92. The maximum absolute atomic E-state index is 13.0. The summed E-state index contributed by atoms with van der Waals surface area (Å²) in [5.74, 6) is -0.375. The predicted octanol–water partition coefficient (Wildman–Crippen LogP) is 3.85. The van der Waals surface area contributed by atoms with Crippen LogP contribution in [0.2, 0.25) is 5.02 Å². The number of hydrogen-bond acceptors (Lipinski definition) is 3. The first-order valence-electron chi connectivity index (χ1n) is 8.54. The molecule has 2 rings (SSSR count). The van der Waals surface area contributed by atoms with Gasteiger partial charge >= 0.3 is 6.18 Å². The fourth-order valence-corrected chi connectivity index (χ4v) is 4.15. The lowest BCUT2D eigenvalue weighted by atomic mass is 9.79. The van der Waals surface area contributed by atoms with E-state index >= 15 is 0 Å². The van der Waals surface area contributed by atoms with Crippen LogP contribution in [0.5, 0.6) is 0 Å². The monoisotopic (exact) mass is 394 g/mol. The van der Waals surface area contributed by atoms with Gasteiger partial charge in [-0.2, -0.15) is 18.3 Å². The Hall–Kier alpha value is -1.28. The Kier molecular flexibility index (Phi) is 5.43. The maximum Gasteiger partial charge on any atom is 0.436 e. The number of amides is 1. The van der Waals surface area contributed by atoms with Crippen molar-refractivity contribution in [3.8, 4) is 0 Å². The number of hydrogen-bond donors (Lipinski definition) is 2. The number of piperidine rings is 1. The number of nitrogens with one attached hydrogen (secondary N) is 2. The van der Waals surface area contributed by atoms with E-state index in [0.29, 0.717) is 0 Å². The number of carbonyl (C=O) groups excluding carboxylic acids is 1. The van der Waals surface area contributed by atoms with E-state index in [1.807, 2.05) is 0 Å². The highest BCUT2D eigenvalue weighted by atomic mass is 35.5. The van der Waals surface area contributed by atoms with Gasteiger partial charge < -0.3 is 10.6 Å². The molecular formula is C17H26ClF3N4O. The Bertz CT molecular complexity index is 681. The van der Waals surface area contributed by atoms with Gasteiger partial charge in [-0.1, -0.05) is 11.6 Å². The molecule has 1 aliphatic rings. The zero-order chi connectivity index (χ0) is 20.1. The Morgan fingerprint density at radius 3 is 2.23 bits per heavy atom. The van der Waals surface area contributed by atoms with Crippen molar-refractivity contribution in [2.45, 2.75) is 83.7 Å². The van der Waals surface area contributed by atoms with Gasteiger partial charge in [0.1, 0.15) is 6.04 Å². The third kappa shape index (κ3) is 4.52. The van der Waals surface area contributed by atoms with Crippen LogP contribution in [0.3, 0.4) is 0 Å². The Balaban J connectivity index is 2.18. The lowest BCUT2D eigenvalue weighted by Crippen LogP contribution is -2.62. The van der Waals surface area contributed by atoms with E-state index in [1.165, 1.54) is 13.8 Å². The van der Waals surface area contributed by atoms with E-state index in [1.54, 1.807) is 0 Å². The zero-order valence-electron chi connectivity index (χ0n) is 15.9. The van der Waals surface area contributed by atoms with Crippen molar-refractivity contribution in [3.05, 3.63) is 16.4 Å². The number of aromatic nitrogens is 2. The summed E-state index contributed by atoms with van der Waals surface area (Å²) in [6.45, 7) is 11.2. The van der Waals surface area contributed by atoms with Gasteiger partial charge in [0.05, 0.1) is 10.7 Å². The molecule has 0 bridgehead atoms. The fraction of sp³-hybridized carbons (Fsp3) is 0.765. The van der Waals surface area contributed by atoms with Gasteiger partial charge in [0, 0.05) is 17.1 Å². The van der Waals surface area contributed by atoms with E-state index in [4.69, 9.17) is 11.6 Å². The average molecular weight is 395 g/mol. The van der Waals surface area contributed by atoms with Crippen LogP contribution in [0.25, 0.3) is 0 Å². The molecule has 2 heterocycles. The van der Waals surface area contributed by atoms with Gasteiger partial charge in [-0.15, -0.1) is 0 Å². The maximum atomic E-state index is 13.0. The molecule has 148 valence electrons. The third-order valence-corrected chi connectivity index (χ3v) is 5.08. The molecule has 1 amide bonds. The molecule has 1 saturated heterocycles. The van der Waals surface area contributed by atoms with Crippen molar-refractivity contribution < 1.29 is 18.0 Å². The second-order valence-electron chi connectivity index (χ2n) is 8.37. The highest BCUT2D eigenvalue weighted by Crippen LogP contribution is 2.36. The zero-order valence-corrected chi connectivity index (χ0v) is 16.6. The number of halogens is 4. The Morgan fingerprint density at radius 1 is 1.31 bits per heavy atom. The summed E-state index contributed by atoms with van der Waals surface area (Å²) in [5, 5.41) is 9.55. The quantitative estimate of drug-likeness (QED) is 0.818. The normalized spacial score (nSPS) is 21.5. The standard InChI is InChI=1S/C17H26ClF3N4O/c1-9-12(18)13(17(19,20)21)23-25(9)10(2)14(26)22-11-7-15(3,4)24-16(5,6)8-11/h10-11,24H,7-8H2,1-6H3,(H,22,26). The molecule has 0 aromatic carbocycles. The molecule has 9 heteroatoms. The molecular weight excluding hydrogens is 369 g/mol. The van der Waals surface area contributed by atoms with Crippen molar-refractivity contribution in [3.63, 3.8) is 0 Å². The van der Waals surface area contributed by atoms with Crippen LogP contribution in [-0.4, -0.2) is 32.8 Å². The van der Waals surface area contributed by atoms with E-state index < -0.39 is 22.9 Å². The van der Waals surface area contributed by atoms with E-state index in [9.17, 15) is 18.0 Å². The molecule has 5 nitrogen and oxygen atoms in total. The van der Waals surface area contributed by atoms with Crippen LogP contribution < -0.4 is 10.6 Å². The number of nitrogens with zero attached hydrogens (tertiary/aromatic N) is 2. The predicted molar refractivity (Wildman–Crippen MR) is 94.1 cm³/mol. The summed E-state index contributed by atoms with van der Waals surface area (Å²) < 4.78 is 40.0. The highest BCUT2D eigenvalue weighted by molar-refractivity contribution is 6.32. The smallest absolute Gasteiger partial charge is 0.351 e. The number of alkyl halides is 3. The molecule has 1 unspecified atom stereocenters. The van der Waals surface area contributed by atoms with Gasteiger partial charge in [0.2, 0.25) is 5.91 Å². The minimum Gasteiger partial charge on any atom is -0.351 e. The van der Waals surface area contributed by atoms with Gasteiger partial charge in [0.25, 0.3) is 0 Å². The second-order valence-corrected chi connectivity index (χ2v) is 8.75. The molecule has 0 spiro atoms. The molecule has 1 fully saturated rings. The number of rotatable bonds is 3. The van der Waals surface area contributed by atoms with Crippen LogP contribution in [0.15, 0.2) is 0 Å². The summed E-state index contributed by atoms with van der Waals surface area (Å²) >= 11 is 5.77. The Morgan fingerprint density at radius 2 is 1.81 bits per heavy atom. The average Bonchev–Trinajstić information content (AvgIpc) is 2.70. The van der Waals surface area contributed by atoms with Gasteiger partial charge in [-0.05, 0) is 54.4 Å². The summed E-state index contributed by atoms with van der Waals surface area (Å²) in [7, 11) is 0.